The molecule has 0 aliphatic rings. The van der Waals surface area contributed by atoms with Crippen molar-refractivity contribution in [3.8, 4) is 5.75 Å². The molecule has 0 saturated carbocycles. The summed E-state index contributed by atoms with van der Waals surface area (Å²) in [6.45, 7) is 3.04. The van der Waals surface area contributed by atoms with E-state index in [4.69, 9.17) is 21.4 Å². The monoisotopic (exact) mass is 343 g/mol. The number of aromatic nitrogens is 1. The zero-order valence-electron chi connectivity index (χ0n) is 13.8. The van der Waals surface area contributed by atoms with E-state index in [1.165, 1.54) is 11.3 Å². The Balaban J connectivity index is 1.70. The molecule has 3 rings (SSSR count). The van der Waals surface area contributed by atoms with Gasteiger partial charge in [-0.3, -0.25) is 0 Å². The molecule has 0 radical (unpaired) electrons. The second-order valence-corrected chi connectivity index (χ2v) is 6.46. The Hall–Kier alpha value is -1.97. The van der Waals surface area contributed by atoms with Crippen LogP contribution in [0, 0.1) is 0 Å². The number of aliphatic hydroxyl groups is 1. The molecule has 24 heavy (non-hydrogen) atoms. The fourth-order valence-corrected chi connectivity index (χ4v) is 2.98. The van der Waals surface area contributed by atoms with Gasteiger partial charge in [-0.25, -0.2) is 0 Å². The standard InChI is InChI=1S/C20H22ClNO2/c1-14(20-13-16-12-17(21)6-9-19(16)22-20)15-4-7-18(8-5-15)24-11-3-2-10-23/h4-9,12-14,22-23H,2-3,10-11H2,1H3. The minimum atomic E-state index is 0.218. The summed E-state index contributed by atoms with van der Waals surface area (Å²) in [5.74, 6) is 1.13. The lowest BCUT2D eigenvalue weighted by atomic mass is 9.98. The molecule has 2 N–H and O–H groups in total. The molecule has 126 valence electrons. The van der Waals surface area contributed by atoms with Gasteiger partial charge in [0.25, 0.3) is 0 Å². The second kappa shape index (κ2) is 7.73. The van der Waals surface area contributed by atoms with Crippen LogP contribution in [0.3, 0.4) is 0 Å². The topological polar surface area (TPSA) is 45.2 Å². The fourth-order valence-electron chi connectivity index (χ4n) is 2.80. The molecule has 0 spiro atoms. The maximum atomic E-state index is 8.77. The smallest absolute Gasteiger partial charge is 0.119 e. The van der Waals surface area contributed by atoms with Crippen LogP contribution in [-0.2, 0) is 0 Å². The van der Waals surface area contributed by atoms with Gasteiger partial charge in [-0.05, 0) is 54.8 Å². The highest BCUT2D eigenvalue weighted by Crippen LogP contribution is 2.29. The van der Waals surface area contributed by atoms with Crippen molar-refractivity contribution in [1.82, 2.24) is 4.98 Å². The van der Waals surface area contributed by atoms with Gasteiger partial charge in [0, 0.05) is 34.1 Å². The Labute approximate surface area is 147 Å². The van der Waals surface area contributed by atoms with Crippen LogP contribution < -0.4 is 4.74 Å². The molecule has 3 nitrogen and oxygen atoms in total. The third-order valence-corrected chi connectivity index (χ3v) is 4.51. The van der Waals surface area contributed by atoms with Crippen LogP contribution in [0.4, 0.5) is 0 Å². The first-order valence-corrected chi connectivity index (χ1v) is 8.67. The molecule has 0 amide bonds. The zero-order valence-corrected chi connectivity index (χ0v) is 14.5. The molecule has 0 fully saturated rings. The van der Waals surface area contributed by atoms with Gasteiger partial charge in [0.15, 0.2) is 0 Å². The van der Waals surface area contributed by atoms with Crippen molar-refractivity contribution in [2.75, 3.05) is 13.2 Å². The van der Waals surface area contributed by atoms with E-state index >= 15 is 0 Å². The van der Waals surface area contributed by atoms with Gasteiger partial charge in [-0.2, -0.15) is 0 Å². The van der Waals surface area contributed by atoms with Gasteiger partial charge in [0.2, 0.25) is 0 Å². The fraction of sp³-hybridized carbons (Fsp3) is 0.300. The number of hydrogen-bond donors (Lipinski definition) is 2. The Morgan fingerprint density at radius 1 is 1.08 bits per heavy atom. The van der Waals surface area contributed by atoms with E-state index < -0.39 is 0 Å². The Bertz CT molecular complexity index is 795. The molecule has 0 aliphatic heterocycles. The number of benzene rings is 2. The molecule has 0 aliphatic carbocycles. The molecule has 1 aromatic heterocycles. The van der Waals surface area contributed by atoms with Crippen molar-refractivity contribution < 1.29 is 9.84 Å². The van der Waals surface area contributed by atoms with Gasteiger partial charge < -0.3 is 14.8 Å². The quantitative estimate of drug-likeness (QED) is 0.584. The van der Waals surface area contributed by atoms with Gasteiger partial charge >= 0.3 is 0 Å². The summed E-state index contributed by atoms with van der Waals surface area (Å²) in [6, 6.07) is 16.3. The molecular formula is C20H22ClNO2. The number of H-pyrrole nitrogens is 1. The number of unbranched alkanes of at least 4 members (excludes halogenated alkanes) is 1. The maximum absolute atomic E-state index is 8.77. The summed E-state index contributed by atoms with van der Waals surface area (Å²) < 4.78 is 5.68. The first kappa shape index (κ1) is 16.9. The molecule has 0 bridgehead atoms. The van der Waals surface area contributed by atoms with Gasteiger partial charge in [0.05, 0.1) is 6.61 Å². The Morgan fingerprint density at radius 2 is 1.88 bits per heavy atom. The number of hydrogen-bond acceptors (Lipinski definition) is 2. The predicted molar refractivity (Wildman–Crippen MR) is 99.1 cm³/mol. The first-order valence-electron chi connectivity index (χ1n) is 8.29. The molecule has 1 atom stereocenters. The lowest BCUT2D eigenvalue weighted by molar-refractivity contribution is 0.253. The van der Waals surface area contributed by atoms with Crippen LogP contribution in [0.1, 0.15) is 36.9 Å². The average molecular weight is 344 g/mol. The summed E-state index contributed by atoms with van der Waals surface area (Å²) in [5.41, 5.74) is 3.50. The zero-order chi connectivity index (χ0) is 16.9. The third kappa shape index (κ3) is 3.92. The second-order valence-electron chi connectivity index (χ2n) is 6.03. The number of aliphatic hydroxyl groups excluding tert-OH is 1. The number of rotatable bonds is 7. The van der Waals surface area contributed by atoms with E-state index in [2.05, 4.69) is 30.1 Å². The molecule has 1 unspecified atom stereocenters. The third-order valence-electron chi connectivity index (χ3n) is 4.27. The molecule has 3 aromatic rings. The van der Waals surface area contributed by atoms with E-state index in [0.717, 1.165) is 34.5 Å². The average Bonchev–Trinajstić information content (AvgIpc) is 3.02. The molecule has 4 heteroatoms. The number of aromatic amines is 1. The van der Waals surface area contributed by atoms with Crippen LogP contribution in [0.25, 0.3) is 10.9 Å². The van der Waals surface area contributed by atoms with E-state index in [0.29, 0.717) is 6.61 Å². The summed E-state index contributed by atoms with van der Waals surface area (Å²) in [5, 5.41) is 10.7. The summed E-state index contributed by atoms with van der Waals surface area (Å²) in [7, 11) is 0. The van der Waals surface area contributed by atoms with Crippen LogP contribution >= 0.6 is 11.6 Å². The van der Waals surface area contributed by atoms with Crippen molar-refractivity contribution in [2.24, 2.45) is 0 Å². The Kier molecular flexibility index (Phi) is 5.44. The first-order chi connectivity index (χ1) is 11.7. The maximum Gasteiger partial charge on any atom is 0.119 e. The number of fused-ring (bicyclic) bond motifs is 1. The van der Waals surface area contributed by atoms with E-state index in [9.17, 15) is 0 Å². The van der Waals surface area contributed by atoms with Crippen molar-refractivity contribution >= 4 is 22.5 Å². The lowest BCUT2D eigenvalue weighted by Gasteiger charge is -2.12. The minimum absolute atomic E-state index is 0.218. The normalized spacial score (nSPS) is 12.5. The predicted octanol–water partition coefficient (Wildman–Crippen LogP) is 5.12. The van der Waals surface area contributed by atoms with E-state index in [-0.39, 0.29) is 12.5 Å². The van der Waals surface area contributed by atoms with Crippen molar-refractivity contribution in [3.63, 3.8) is 0 Å². The summed E-state index contributed by atoms with van der Waals surface area (Å²) in [4.78, 5) is 3.47. The van der Waals surface area contributed by atoms with Crippen molar-refractivity contribution in [3.05, 3.63) is 64.8 Å². The molecule has 1 heterocycles. The highest BCUT2D eigenvalue weighted by Gasteiger charge is 2.12. The Morgan fingerprint density at radius 3 is 2.62 bits per heavy atom. The minimum Gasteiger partial charge on any atom is -0.494 e. The van der Waals surface area contributed by atoms with Crippen molar-refractivity contribution in [1.29, 1.82) is 0 Å². The van der Waals surface area contributed by atoms with E-state index in [1.807, 2.05) is 30.3 Å². The lowest BCUT2D eigenvalue weighted by Crippen LogP contribution is -2.00. The SMILES string of the molecule is CC(c1ccc(OCCCCO)cc1)c1cc2cc(Cl)ccc2[nH]1. The highest BCUT2D eigenvalue weighted by atomic mass is 35.5. The van der Waals surface area contributed by atoms with Crippen LogP contribution in [0.5, 0.6) is 5.75 Å². The number of ether oxygens (including phenoxy) is 1. The summed E-state index contributed by atoms with van der Waals surface area (Å²) >= 11 is 6.06. The number of nitrogens with one attached hydrogen (secondary N) is 1. The van der Waals surface area contributed by atoms with Gasteiger partial charge in [0.1, 0.15) is 5.75 Å². The van der Waals surface area contributed by atoms with Crippen molar-refractivity contribution in [2.45, 2.75) is 25.7 Å². The molecule has 2 aromatic carbocycles. The van der Waals surface area contributed by atoms with E-state index in [1.54, 1.807) is 0 Å². The molecule has 0 saturated heterocycles. The van der Waals surface area contributed by atoms with Gasteiger partial charge in [-0.1, -0.05) is 30.7 Å². The van der Waals surface area contributed by atoms with Crippen LogP contribution in [-0.4, -0.2) is 23.3 Å². The summed E-state index contributed by atoms with van der Waals surface area (Å²) in [6.07, 6.45) is 1.64. The van der Waals surface area contributed by atoms with Crippen LogP contribution in [0.15, 0.2) is 48.5 Å². The largest absolute Gasteiger partial charge is 0.494 e. The molecular weight excluding hydrogens is 322 g/mol. The number of halogens is 1. The van der Waals surface area contributed by atoms with Gasteiger partial charge in [-0.15, -0.1) is 0 Å². The van der Waals surface area contributed by atoms with Crippen LogP contribution in [0.2, 0.25) is 5.02 Å². The highest BCUT2D eigenvalue weighted by molar-refractivity contribution is 6.31.